The third-order valence-electron chi connectivity index (χ3n) is 4.31. The van der Waals surface area contributed by atoms with Gasteiger partial charge < -0.3 is 10.5 Å². The molecular formula is C17H22N4O2. The van der Waals surface area contributed by atoms with Gasteiger partial charge in [-0.1, -0.05) is 30.7 Å². The molecule has 2 N–H and O–H groups in total. The summed E-state index contributed by atoms with van der Waals surface area (Å²) in [6.07, 6.45) is 6.18. The van der Waals surface area contributed by atoms with E-state index in [4.69, 9.17) is 10.5 Å². The first-order valence-corrected chi connectivity index (χ1v) is 8.20. The molecule has 1 heterocycles. The number of anilines is 1. The van der Waals surface area contributed by atoms with Crippen molar-refractivity contribution in [1.29, 1.82) is 0 Å². The van der Waals surface area contributed by atoms with Crippen LogP contribution >= 0.6 is 0 Å². The second-order valence-electron chi connectivity index (χ2n) is 5.92. The third kappa shape index (κ3) is 3.36. The summed E-state index contributed by atoms with van der Waals surface area (Å²) in [5.74, 6) is -0.263. The minimum Gasteiger partial charge on any atom is -0.458 e. The number of hydrogen-bond donors (Lipinski definition) is 1. The molecule has 0 spiro atoms. The highest BCUT2D eigenvalue weighted by Crippen LogP contribution is 2.23. The predicted octanol–water partition coefficient (Wildman–Crippen LogP) is 2.90. The topological polar surface area (TPSA) is 83.0 Å². The SMILES string of the molecule is CCc1ccc(-n2nnc(C(=O)OC3CCCCC3)c2N)cc1. The fraction of sp³-hybridized carbons (Fsp3) is 0.471. The number of carbonyl (C=O) groups is 1. The van der Waals surface area contributed by atoms with Crippen molar-refractivity contribution in [2.45, 2.75) is 51.6 Å². The van der Waals surface area contributed by atoms with Crippen molar-refractivity contribution in [2.75, 3.05) is 5.73 Å². The summed E-state index contributed by atoms with van der Waals surface area (Å²) >= 11 is 0. The van der Waals surface area contributed by atoms with E-state index < -0.39 is 5.97 Å². The fourth-order valence-corrected chi connectivity index (χ4v) is 2.89. The second kappa shape index (κ2) is 6.81. The van der Waals surface area contributed by atoms with Crippen LogP contribution in [0.4, 0.5) is 5.82 Å². The van der Waals surface area contributed by atoms with Gasteiger partial charge in [-0.2, -0.15) is 4.68 Å². The number of ether oxygens (including phenoxy) is 1. The van der Waals surface area contributed by atoms with Crippen LogP contribution in [0.3, 0.4) is 0 Å². The first-order valence-electron chi connectivity index (χ1n) is 8.20. The quantitative estimate of drug-likeness (QED) is 0.877. The maximum Gasteiger partial charge on any atom is 0.363 e. The van der Waals surface area contributed by atoms with E-state index in [1.807, 2.05) is 24.3 Å². The standard InChI is InChI=1S/C17H22N4O2/c1-2-12-8-10-13(11-9-12)21-16(18)15(19-20-21)17(22)23-14-6-4-3-5-7-14/h8-11,14H,2-7,18H2,1H3. The van der Waals surface area contributed by atoms with E-state index in [0.29, 0.717) is 0 Å². The molecule has 1 saturated carbocycles. The highest BCUT2D eigenvalue weighted by atomic mass is 16.5. The Morgan fingerprint density at radius 3 is 2.61 bits per heavy atom. The van der Waals surface area contributed by atoms with Gasteiger partial charge in [-0.15, -0.1) is 5.10 Å². The zero-order valence-electron chi connectivity index (χ0n) is 13.4. The lowest BCUT2D eigenvalue weighted by Gasteiger charge is -2.21. The van der Waals surface area contributed by atoms with E-state index >= 15 is 0 Å². The van der Waals surface area contributed by atoms with E-state index in [1.165, 1.54) is 16.7 Å². The molecule has 1 aromatic carbocycles. The van der Waals surface area contributed by atoms with Gasteiger partial charge in [-0.05, 0) is 49.8 Å². The third-order valence-corrected chi connectivity index (χ3v) is 4.31. The van der Waals surface area contributed by atoms with E-state index in [9.17, 15) is 4.79 Å². The Morgan fingerprint density at radius 2 is 1.96 bits per heavy atom. The average Bonchev–Trinajstić information content (AvgIpc) is 2.97. The van der Waals surface area contributed by atoms with Gasteiger partial charge in [-0.25, -0.2) is 4.79 Å². The molecule has 0 amide bonds. The summed E-state index contributed by atoms with van der Waals surface area (Å²) in [5, 5.41) is 7.91. The van der Waals surface area contributed by atoms with Crippen LogP contribution in [0.1, 0.15) is 55.1 Å². The van der Waals surface area contributed by atoms with Gasteiger partial charge in [0.2, 0.25) is 5.69 Å². The van der Waals surface area contributed by atoms with Crippen LogP contribution in [-0.2, 0) is 11.2 Å². The van der Waals surface area contributed by atoms with Crippen molar-refractivity contribution < 1.29 is 9.53 Å². The van der Waals surface area contributed by atoms with Crippen molar-refractivity contribution in [3.8, 4) is 5.69 Å². The summed E-state index contributed by atoms with van der Waals surface area (Å²) in [6, 6.07) is 7.85. The highest BCUT2D eigenvalue weighted by molar-refractivity contribution is 5.92. The van der Waals surface area contributed by atoms with Crippen molar-refractivity contribution >= 4 is 11.8 Å². The summed E-state index contributed by atoms with van der Waals surface area (Å²) < 4.78 is 6.98. The number of carbonyl (C=O) groups excluding carboxylic acids is 1. The van der Waals surface area contributed by atoms with Gasteiger partial charge in [-0.3, -0.25) is 0 Å². The molecule has 1 aliphatic rings. The number of nitrogen functional groups attached to an aromatic ring is 1. The lowest BCUT2D eigenvalue weighted by atomic mass is 9.98. The Labute approximate surface area is 135 Å². The molecule has 122 valence electrons. The van der Waals surface area contributed by atoms with Crippen LogP contribution in [0.15, 0.2) is 24.3 Å². The van der Waals surface area contributed by atoms with E-state index in [0.717, 1.165) is 37.8 Å². The smallest absolute Gasteiger partial charge is 0.363 e. The average molecular weight is 314 g/mol. The van der Waals surface area contributed by atoms with Crippen LogP contribution in [0.25, 0.3) is 5.69 Å². The first kappa shape index (κ1) is 15.5. The maximum atomic E-state index is 12.3. The Hall–Kier alpha value is -2.37. The van der Waals surface area contributed by atoms with Gasteiger partial charge in [0.05, 0.1) is 5.69 Å². The zero-order valence-corrected chi connectivity index (χ0v) is 13.4. The summed E-state index contributed by atoms with van der Waals surface area (Å²) in [5.41, 5.74) is 8.15. The molecule has 0 saturated heterocycles. The summed E-state index contributed by atoms with van der Waals surface area (Å²) in [6.45, 7) is 2.10. The molecule has 1 fully saturated rings. The molecule has 23 heavy (non-hydrogen) atoms. The van der Waals surface area contributed by atoms with Gasteiger partial charge in [0.15, 0.2) is 5.82 Å². The van der Waals surface area contributed by atoms with Crippen molar-refractivity contribution in [2.24, 2.45) is 0 Å². The Morgan fingerprint density at radius 1 is 1.26 bits per heavy atom. The van der Waals surface area contributed by atoms with Crippen molar-refractivity contribution in [1.82, 2.24) is 15.0 Å². The van der Waals surface area contributed by atoms with Crippen LogP contribution in [0.2, 0.25) is 0 Å². The predicted molar refractivity (Wildman–Crippen MR) is 87.4 cm³/mol. The lowest BCUT2D eigenvalue weighted by molar-refractivity contribution is 0.0205. The van der Waals surface area contributed by atoms with Crippen LogP contribution in [0.5, 0.6) is 0 Å². The summed E-state index contributed by atoms with van der Waals surface area (Å²) in [4.78, 5) is 12.3. The molecule has 1 aliphatic carbocycles. The largest absolute Gasteiger partial charge is 0.458 e. The molecule has 6 heteroatoms. The van der Waals surface area contributed by atoms with E-state index in [1.54, 1.807) is 0 Å². The molecular weight excluding hydrogens is 292 g/mol. The van der Waals surface area contributed by atoms with Crippen molar-refractivity contribution in [3.05, 3.63) is 35.5 Å². The normalized spacial score (nSPS) is 15.5. The van der Waals surface area contributed by atoms with Gasteiger partial charge in [0, 0.05) is 0 Å². The Kier molecular flexibility index (Phi) is 4.60. The number of hydrogen-bond acceptors (Lipinski definition) is 5. The maximum absolute atomic E-state index is 12.3. The fourth-order valence-electron chi connectivity index (χ4n) is 2.89. The van der Waals surface area contributed by atoms with Crippen LogP contribution in [-0.4, -0.2) is 27.1 Å². The summed E-state index contributed by atoms with van der Waals surface area (Å²) in [7, 11) is 0. The number of rotatable bonds is 4. The number of nitrogens with two attached hydrogens (primary N) is 1. The minimum absolute atomic E-state index is 0.0235. The lowest BCUT2D eigenvalue weighted by Crippen LogP contribution is -2.21. The monoisotopic (exact) mass is 314 g/mol. The molecule has 3 rings (SSSR count). The zero-order chi connectivity index (χ0) is 16.2. The second-order valence-corrected chi connectivity index (χ2v) is 5.92. The molecule has 0 unspecified atom stereocenters. The molecule has 0 radical (unpaired) electrons. The van der Waals surface area contributed by atoms with Gasteiger partial charge in [0.1, 0.15) is 6.10 Å². The molecule has 1 aromatic heterocycles. The first-order chi connectivity index (χ1) is 11.2. The van der Waals surface area contributed by atoms with Crippen molar-refractivity contribution in [3.63, 3.8) is 0 Å². The molecule has 0 atom stereocenters. The molecule has 2 aromatic rings. The van der Waals surface area contributed by atoms with Gasteiger partial charge >= 0.3 is 5.97 Å². The Bertz CT molecular complexity index is 672. The highest BCUT2D eigenvalue weighted by Gasteiger charge is 2.24. The number of nitrogens with zero attached hydrogens (tertiary/aromatic N) is 3. The van der Waals surface area contributed by atoms with Crippen LogP contribution in [0, 0.1) is 0 Å². The minimum atomic E-state index is -0.481. The van der Waals surface area contributed by atoms with E-state index in [-0.39, 0.29) is 17.6 Å². The number of benzene rings is 1. The van der Waals surface area contributed by atoms with Gasteiger partial charge in [0.25, 0.3) is 0 Å². The number of esters is 1. The van der Waals surface area contributed by atoms with E-state index in [2.05, 4.69) is 17.2 Å². The number of aryl methyl sites for hydroxylation is 1. The number of aromatic nitrogens is 3. The Balaban J connectivity index is 1.76. The molecule has 0 aliphatic heterocycles. The molecule has 0 bridgehead atoms. The van der Waals surface area contributed by atoms with Crippen LogP contribution < -0.4 is 5.73 Å². The molecule has 6 nitrogen and oxygen atoms in total.